The number of aryl methyl sites for hydroxylation is 2. The fourth-order valence-corrected chi connectivity index (χ4v) is 2.63. The van der Waals surface area contributed by atoms with Gasteiger partial charge in [-0.15, -0.1) is 0 Å². The van der Waals surface area contributed by atoms with E-state index >= 15 is 0 Å². The summed E-state index contributed by atoms with van der Waals surface area (Å²) in [6.45, 7) is 1.41. The lowest BCUT2D eigenvalue weighted by Gasteiger charge is -2.03. The van der Waals surface area contributed by atoms with Crippen LogP contribution < -0.4 is 4.72 Å². The van der Waals surface area contributed by atoms with E-state index in [4.69, 9.17) is 0 Å². The van der Waals surface area contributed by atoms with Gasteiger partial charge < -0.3 is 4.57 Å². The fraction of sp³-hybridized carbons (Fsp3) is 0.231. The summed E-state index contributed by atoms with van der Waals surface area (Å²) in [5.74, 6) is 0.293. The Balaban J connectivity index is 2.08. The summed E-state index contributed by atoms with van der Waals surface area (Å²) in [7, 11) is -2.06. The molecular weight excluding hydrogens is 278 g/mol. The Morgan fingerprint density at radius 3 is 2.50 bits per heavy atom. The number of hydrogen-bond donors (Lipinski definition) is 1. The SMILES string of the molecule is Cc1nc(S(=O)(=O)NCC(=O)c2ccccc2)cn1C. The molecule has 0 spiro atoms. The van der Waals surface area contributed by atoms with Crippen LogP contribution in [0.4, 0.5) is 0 Å². The molecule has 0 fully saturated rings. The minimum atomic E-state index is -3.77. The summed E-state index contributed by atoms with van der Waals surface area (Å²) in [5.41, 5.74) is 0.465. The Morgan fingerprint density at radius 2 is 1.95 bits per heavy atom. The highest BCUT2D eigenvalue weighted by Crippen LogP contribution is 2.07. The topological polar surface area (TPSA) is 81.1 Å². The maximum Gasteiger partial charge on any atom is 0.260 e. The van der Waals surface area contributed by atoms with Gasteiger partial charge in [0.15, 0.2) is 10.8 Å². The third-order valence-electron chi connectivity index (χ3n) is 2.88. The molecule has 0 saturated heterocycles. The van der Waals surface area contributed by atoms with Gasteiger partial charge in [-0.3, -0.25) is 4.79 Å². The van der Waals surface area contributed by atoms with Crippen LogP contribution in [0.5, 0.6) is 0 Å². The van der Waals surface area contributed by atoms with E-state index in [0.717, 1.165) is 0 Å². The Labute approximate surface area is 117 Å². The number of Topliss-reactive ketones (excluding diaryl/α,β-unsaturated/α-hetero) is 1. The molecule has 0 radical (unpaired) electrons. The summed E-state index contributed by atoms with van der Waals surface area (Å²) in [5, 5.41) is -0.0849. The molecule has 7 heteroatoms. The predicted molar refractivity (Wildman–Crippen MR) is 73.9 cm³/mol. The molecule has 0 atom stereocenters. The number of sulfonamides is 1. The molecule has 0 aliphatic rings. The van der Waals surface area contributed by atoms with Gasteiger partial charge in [0.25, 0.3) is 10.0 Å². The molecule has 0 aliphatic carbocycles. The second kappa shape index (κ2) is 5.56. The van der Waals surface area contributed by atoms with Crippen LogP contribution in [0.1, 0.15) is 16.2 Å². The van der Waals surface area contributed by atoms with Crippen molar-refractivity contribution in [3.05, 3.63) is 47.9 Å². The highest BCUT2D eigenvalue weighted by Gasteiger charge is 2.19. The number of aromatic nitrogens is 2. The smallest absolute Gasteiger partial charge is 0.260 e. The average molecular weight is 293 g/mol. The number of nitrogens with one attached hydrogen (secondary N) is 1. The molecule has 106 valence electrons. The van der Waals surface area contributed by atoms with Crippen molar-refractivity contribution in [1.29, 1.82) is 0 Å². The molecule has 0 amide bonds. The number of hydrogen-bond acceptors (Lipinski definition) is 4. The van der Waals surface area contributed by atoms with Gasteiger partial charge in [-0.25, -0.2) is 18.1 Å². The minimum Gasteiger partial charge on any atom is -0.337 e. The van der Waals surface area contributed by atoms with Crippen molar-refractivity contribution in [2.45, 2.75) is 11.9 Å². The first-order valence-corrected chi connectivity index (χ1v) is 7.46. The van der Waals surface area contributed by atoms with Gasteiger partial charge in [-0.2, -0.15) is 0 Å². The van der Waals surface area contributed by atoms with Gasteiger partial charge >= 0.3 is 0 Å². The number of benzene rings is 1. The molecule has 0 bridgehead atoms. The Bertz CT molecular complexity index is 701. The molecule has 1 heterocycles. The van der Waals surface area contributed by atoms with Crippen LogP contribution in [-0.2, 0) is 17.1 Å². The van der Waals surface area contributed by atoms with Crippen molar-refractivity contribution >= 4 is 15.8 Å². The molecule has 2 rings (SSSR count). The van der Waals surface area contributed by atoms with E-state index in [1.807, 2.05) is 0 Å². The summed E-state index contributed by atoms with van der Waals surface area (Å²) in [4.78, 5) is 15.8. The summed E-state index contributed by atoms with van der Waals surface area (Å²) in [6, 6.07) is 8.52. The van der Waals surface area contributed by atoms with Gasteiger partial charge in [0, 0.05) is 18.8 Å². The molecular formula is C13H15N3O3S. The van der Waals surface area contributed by atoms with Crippen molar-refractivity contribution in [3.63, 3.8) is 0 Å². The van der Waals surface area contributed by atoms with Gasteiger partial charge in [-0.05, 0) is 6.92 Å². The van der Waals surface area contributed by atoms with E-state index in [1.54, 1.807) is 48.9 Å². The standard InChI is InChI=1S/C13H15N3O3S/c1-10-15-13(9-16(10)2)20(18,19)14-8-12(17)11-6-4-3-5-7-11/h3-7,9,14H,8H2,1-2H3. The van der Waals surface area contributed by atoms with E-state index in [2.05, 4.69) is 9.71 Å². The van der Waals surface area contributed by atoms with Crippen molar-refractivity contribution in [1.82, 2.24) is 14.3 Å². The monoisotopic (exact) mass is 293 g/mol. The number of carbonyl (C=O) groups excluding carboxylic acids is 1. The van der Waals surface area contributed by atoms with Crippen LogP contribution in [0.25, 0.3) is 0 Å². The van der Waals surface area contributed by atoms with Crippen molar-refractivity contribution in [2.24, 2.45) is 7.05 Å². The van der Waals surface area contributed by atoms with Crippen LogP contribution in [0, 0.1) is 6.92 Å². The van der Waals surface area contributed by atoms with Crippen molar-refractivity contribution < 1.29 is 13.2 Å². The maximum absolute atomic E-state index is 12.0. The number of rotatable bonds is 5. The zero-order valence-electron chi connectivity index (χ0n) is 11.2. The van der Waals surface area contributed by atoms with E-state index in [-0.39, 0.29) is 17.4 Å². The van der Waals surface area contributed by atoms with E-state index in [0.29, 0.717) is 11.4 Å². The molecule has 0 aliphatic heterocycles. The van der Waals surface area contributed by atoms with Crippen LogP contribution in [0.2, 0.25) is 0 Å². The Morgan fingerprint density at radius 1 is 1.30 bits per heavy atom. The summed E-state index contributed by atoms with van der Waals surface area (Å²) < 4.78 is 27.9. The molecule has 1 aromatic heterocycles. The molecule has 0 saturated carbocycles. The first kappa shape index (κ1) is 14.4. The van der Waals surface area contributed by atoms with Gasteiger partial charge in [0.05, 0.1) is 6.54 Å². The average Bonchev–Trinajstić information content (AvgIpc) is 2.78. The van der Waals surface area contributed by atoms with Crippen LogP contribution >= 0.6 is 0 Å². The number of carbonyl (C=O) groups is 1. The summed E-state index contributed by atoms with van der Waals surface area (Å²) in [6.07, 6.45) is 1.41. The molecule has 0 unspecified atom stereocenters. The molecule has 1 aromatic carbocycles. The van der Waals surface area contributed by atoms with Crippen LogP contribution in [0.15, 0.2) is 41.6 Å². The molecule has 1 N–H and O–H groups in total. The zero-order valence-corrected chi connectivity index (χ0v) is 12.0. The van der Waals surface area contributed by atoms with Gasteiger partial charge in [0.2, 0.25) is 0 Å². The Hall–Kier alpha value is -1.99. The number of nitrogens with zero attached hydrogens (tertiary/aromatic N) is 2. The number of ketones is 1. The second-order valence-corrected chi connectivity index (χ2v) is 6.06. The van der Waals surface area contributed by atoms with Crippen molar-refractivity contribution in [2.75, 3.05) is 6.54 Å². The quantitative estimate of drug-likeness (QED) is 0.830. The third kappa shape index (κ3) is 3.12. The van der Waals surface area contributed by atoms with E-state index in [9.17, 15) is 13.2 Å². The van der Waals surface area contributed by atoms with Crippen LogP contribution in [-0.4, -0.2) is 30.3 Å². The Kier molecular flexibility index (Phi) is 4.01. The molecule has 6 nitrogen and oxygen atoms in total. The second-order valence-electron chi connectivity index (χ2n) is 4.35. The predicted octanol–water partition coefficient (Wildman–Crippen LogP) is 0.890. The highest BCUT2D eigenvalue weighted by molar-refractivity contribution is 7.89. The lowest BCUT2D eigenvalue weighted by atomic mass is 10.1. The minimum absolute atomic E-state index is 0.0849. The van der Waals surface area contributed by atoms with Crippen LogP contribution in [0.3, 0.4) is 0 Å². The number of imidazole rings is 1. The fourth-order valence-electron chi connectivity index (χ4n) is 1.62. The van der Waals surface area contributed by atoms with E-state index in [1.165, 1.54) is 6.20 Å². The normalized spacial score (nSPS) is 11.5. The maximum atomic E-state index is 12.0. The lowest BCUT2D eigenvalue weighted by Crippen LogP contribution is -2.30. The largest absolute Gasteiger partial charge is 0.337 e. The molecule has 20 heavy (non-hydrogen) atoms. The first-order chi connectivity index (χ1) is 9.40. The van der Waals surface area contributed by atoms with Gasteiger partial charge in [0.1, 0.15) is 5.82 Å². The van der Waals surface area contributed by atoms with E-state index < -0.39 is 10.0 Å². The highest BCUT2D eigenvalue weighted by atomic mass is 32.2. The van der Waals surface area contributed by atoms with Crippen molar-refractivity contribution in [3.8, 4) is 0 Å². The lowest BCUT2D eigenvalue weighted by molar-refractivity contribution is 0.0997. The first-order valence-electron chi connectivity index (χ1n) is 5.98. The molecule has 2 aromatic rings. The van der Waals surface area contributed by atoms with Gasteiger partial charge in [-0.1, -0.05) is 30.3 Å². The zero-order chi connectivity index (χ0) is 14.8. The summed E-state index contributed by atoms with van der Waals surface area (Å²) >= 11 is 0. The third-order valence-corrected chi connectivity index (χ3v) is 4.15.